The third kappa shape index (κ3) is 4.19. The Morgan fingerprint density at radius 1 is 1.33 bits per heavy atom. The highest BCUT2D eigenvalue weighted by molar-refractivity contribution is 7.89. The first kappa shape index (κ1) is 16.7. The second kappa shape index (κ2) is 7.09. The molecule has 0 aliphatic heterocycles. The summed E-state index contributed by atoms with van der Waals surface area (Å²) in [4.78, 5) is 0.168. The normalized spacial score (nSPS) is 18.0. The van der Waals surface area contributed by atoms with E-state index < -0.39 is 10.0 Å². The Hall–Kier alpha value is -0.620. The standard InChI is InChI=1S/C15H23ClN2O2S/c1-11(13-5-3-4-6-13)18-21(19,20)15-9-12(10-17-2)7-8-14(15)16/h7-9,11,13,17-18H,3-6,10H2,1-2H3. The fourth-order valence-electron chi connectivity index (χ4n) is 2.93. The van der Waals surface area contributed by atoms with Gasteiger partial charge in [0.2, 0.25) is 10.0 Å². The first-order chi connectivity index (χ1) is 9.94. The number of rotatable bonds is 6. The first-order valence-corrected chi connectivity index (χ1v) is 9.25. The summed E-state index contributed by atoms with van der Waals surface area (Å²) in [5, 5.41) is 3.27. The molecule has 118 valence electrons. The van der Waals surface area contributed by atoms with E-state index in [1.54, 1.807) is 12.1 Å². The highest BCUT2D eigenvalue weighted by atomic mass is 35.5. The third-order valence-corrected chi connectivity index (χ3v) is 6.15. The zero-order valence-electron chi connectivity index (χ0n) is 12.5. The minimum absolute atomic E-state index is 0.0541. The molecule has 0 radical (unpaired) electrons. The Morgan fingerprint density at radius 3 is 2.62 bits per heavy atom. The number of nitrogens with one attached hydrogen (secondary N) is 2. The molecular weight excluding hydrogens is 308 g/mol. The molecule has 4 nitrogen and oxygen atoms in total. The van der Waals surface area contributed by atoms with E-state index >= 15 is 0 Å². The zero-order chi connectivity index (χ0) is 15.5. The lowest BCUT2D eigenvalue weighted by Gasteiger charge is -2.21. The lowest BCUT2D eigenvalue weighted by atomic mass is 10.0. The summed E-state index contributed by atoms with van der Waals surface area (Å²) in [5.41, 5.74) is 0.899. The van der Waals surface area contributed by atoms with Gasteiger partial charge in [0.1, 0.15) is 4.90 Å². The van der Waals surface area contributed by atoms with Crippen LogP contribution in [-0.4, -0.2) is 21.5 Å². The quantitative estimate of drug-likeness (QED) is 0.843. The van der Waals surface area contributed by atoms with E-state index in [0.717, 1.165) is 18.4 Å². The van der Waals surface area contributed by atoms with Crippen LogP contribution in [0, 0.1) is 5.92 Å². The van der Waals surface area contributed by atoms with Crippen molar-refractivity contribution in [1.29, 1.82) is 0 Å². The molecule has 1 aliphatic rings. The predicted molar refractivity (Wildman–Crippen MR) is 86.0 cm³/mol. The van der Waals surface area contributed by atoms with Gasteiger partial charge in [-0.25, -0.2) is 13.1 Å². The van der Waals surface area contributed by atoms with Crippen LogP contribution in [0.25, 0.3) is 0 Å². The largest absolute Gasteiger partial charge is 0.316 e. The minimum atomic E-state index is -3.58. The van der Waals surface area contributed by atoms with Gasteiger partial charge in [-0.3, -0.25) is 0 Å². The van der Waals surface area contributed by atoms with Gasteiger partial charge in [-0.15, -0.1) is 0 Å². The van der Waals surface area contributed by atoms with Crippen molar-refractivity contribution >= 4 is 21.6 Å². The van der Waals surface area contributed by atoms with Gasteiger partial charge in [-0.1, -0.05) is 30.5 Å². The van der Waals surface area contributed by atoms with E-state index in [2.05, 4.69) is 10.0 Å². The number of hydrogen-bond acceptors (Lipinski definition) is 3. The molecule has 1 aromatic rings. The van der Waals surface area contributed by atoms with Crippen LogP contribution in [0.1, 0.15) is 38.2 Å². The summed E-state index contributed by atoms with van der Waals surface area (Å²) in [6, 6.07) is 5.06. The Labute approximate surface area is 132 Å². The molecule has 6 heteroatoms. The maximum absolute atomic E-state index is 12.6. The number of halogens is 1. The van der Waals surface area contributed by atoms with Crippen molar-refractivity contribution in [3.8, 4) is 0 Å². The molecule has 1 atom stereocenters. The van der Waals surface area contributed by atoms with Crippen molar-refractivity contribution in [1.82, 2.24) is 10.0 Å². The molecule has 1 aliphatic carbocycles. The summed E-state index contributed by atoms with van der Waals surface area (Å²) in [6.45, 7) is 2.55. The molecule has 0 aromatic heterocycles. The van der Waals surface area contributed by atoms with Crippen molar-refractivity contribution in [2.24, 2.45) is 5.92 Å². The molecule has 0 saturated heterocycles. The van der Waals surface area contributed by atoms with Crippen molar-refractivity contribution < 1.29 is 8.42 Å². The summed E-state index contributed by atoms with van der Waals surface area (Å²) in [6.07, 6.45) is 4.57. The van der Waals surface area contributed by atoms with E-state index in [1.807, 2.05) is 20.0 Å². The lowest BCUT2D eigenvalue weighted by molar-refractivity contribution is 0.424. The van der Waals surface area contributed by atoms with Crippen LogP contribution in [0.3, 0.4) is 0 Å². The minimum Gasteiger partial charge on any atom is -0.316 e. The topological polar surface area (TPSA) is 58.2 Å². The maximum Gasteiger partial charge on any atom is 0.242 e. The fourth-order valence-corrected chi connectivity index (χ4v) is 4.79. The fraction of sp³-hybridized carbons (Fsp3) is 0.600. The number of sulfonamides is 1. The molecule has 2 N–H and O–H groups in total. The number of hydrogen-bond donors (Lipinski definition) is 2. The molecule has 0 heterocycles. The van der Waals surface area contributed by atoms with Crippen molar-refractivity contribution in [2.75, 3.05) is 7.05 Å². The summed E-state index contributed by atoms with van der Waals surface area (Å²) in [5.74, 6) is 0.430. The van der Waals surface area contributed by atoms with Gasteiger partial charge in [0.25, 0.3) is 0 Å². The smallest absolute Gasteiger partial charge is 0.242 e. The van der Waals surface area contributed by atoms with Crippen molar-refractivity contribution in [2.45, 2.75) is 50.1 Å². The Kier molecular flexibility index (Phi) is 5.66. The molecule has 2 rings (SSSR count). The van der Waals surface area contributed by atoms with Crippen molar-refractivity contribution in [3.05, 3.63) is 28.8 Å². The molecule has 21 heavy (non-hydrogen) atoms. The Bertz CT molecular complexity index is 583. The van der Waals surface area contributed by atoms with Crippen LogP contribution >= 0.6 is 11.6 Å². The highest BCUT2D eigenvalue weighted by Crippen LogP contribution is 2.29. The van der Waals surface area contributed by atoms with E-state index in [4.69, 9.17) is 11.6 Å². The molecule has 1 saturated carbocycles. The molecular formula is C15H23ClN2O2S. The summed E-state index contributed by atoms with van der Waals surface area (Å²) in [7, 11) is -1.76. The Morgan fingerprint density at radius 2 is 2.00 bits per heavy atom. The number of benzene rings is 1. The van der Waals surface area contributed by atoms with Gasteiger partial charge in [0.05, 0.1) is 5.02 Å². The molecule has 0 bridgehead atoms. The first-order valence-electron chi connectivity index (χ1n) is 7.39. The van der Waals surface area contributed by atoms with Crippen LogP contribution in [0.2, 0.25) is 5.02 Å². The maximum atomic E-state index is 12.6. The van der Waals surface area contributed by atoms with Gasteiger partial charge in [-0.05, 0) is 50.4 Å². The van der Waals surface area contributed by atoms with Gasteiger partial charge < -0.3 is 5.32 Å². The van der Waals surface area contributed by atoms with E-state index in [1.165, 1.54) is 12.8 Å². The van der Waals surface area contributed by atoms with E-state index in [9.17, 15) is 8.42 Å². The van der Waals surface area contributed by atoms with Gasteiger partial charge in [0.15, 0.2) is 0 Å². The van der Waals surface area contributed by atoms with Crippen LogP contribution in [0.15, 0.2) is 23.1 Å². The molecule has 0 amide bonds. The SMILES string of the molecule is CNCc1ccc(Cl)c(S(=O)(=O)NC(C)C2CCCC2)c1. The van der Waals surface area contributed by atoms with E-state index in [0.29, 0.717) is 12.5 Å². The lowest BCUT2D eigenvalue weighted by Crippen LogP contribution is -2.37. The molecule has 1 unspecified atom stereocenters. The summed E-state index contributed by atoms with van der Waals surface area (Å²) >= 11 is 6.08. The second-order valence-electron chi connectivity index (χ2n) is 5.75. The molecule has 0 spiro atoms. The Balaban J connectivity index is 2.19. The average molecular weight is 331 g/mol. The predicted octanol–water partition coefficient (Wildman–Crippen LogP) is 2.92. The summed E-state index contributed by atoms with van der Waals surface area (Å²) < 4.78 is 27.9. The average Bonchev–Trinajstić information content (AvgIpc) is 2.94. The van der Waals surface area contributed by atoms with Gasteiger partial charge in [0, 0.05) is 12.6 Å². The molecule has 1 aromatic carbocycles. The third-order valence-electron chi connectivity index (χ3n) is 4.11. The zero-order valence-corrected chi connectivity index (χ0v) is 14.1. The molecule has 1 fully saturated rings. The van der Waals surface area contributed by atoms with Crippen molar-refractivity contribution in [3.63, 3.8) is 0 Å². The second-order valence-corrected chi connectivity index (χ2v) is 7.84. The van der Waals surface area contributed by atoms with Crippen LogP contribution in [-0.2, 0) is 16.6 Å². The van der Waals surface area contributed by atoms with Gasteiger partial charge in [-0.2, -0.15) is 0 Å². The monoisotopic (exact) mass is 330 g/mol. The van der Waals surface area contributed by atoms with Crippen LogP contribution < -0.4 is 10.0 Å². The van der Waals surface area contributed by atoms with E-state index in [-0.39, 0.29) is 16.0 Å². The van der Waals surface area contributed by atoms with Crippen LogP contribution in [0.4, 0.5) is 0 Å². The van der Waals surface area contributed by atoms with Crippen LogP contribution in [0.5, 0.6) is 0 Å². The van der Waals surface area contributed by atoms with Gasteiger partial charge >= 0.3 is 0 Å². The highest BCUT2D eigenvalue weighted by Gasteiger charge is 2.27.